The van der Waals surface area contributed by atoms with Gasteiger partial charge >= 0.3 is 12.0 Å². The molecule has 0 radical (unpaired) electrons. The van der Waals surface area contributed by atoms with Crippen LogP contribution in [0.5, 0.6) is 0 Å². The molecule has 9 heteroatoms. The van der Waals surface area contributed by atoms with E-state index in [1.54, 1.807) is 4.90 Å². The number of carboxylic acids is 1. The molecule has 4 N–H and O–H groups in total. The number of hydrogen-bond acceptors (Lipinski definition) is 4. The predicted octanol–water partition coefficient (Wildman–Crippen LogP) is -1.81. The first-order chi connectivity index (χ1) is 9.31. The fourth-order valence-electron chi connectivity index (χ4n) is 1.87. The first-order valence-electron chi connectivity index (χ1n) is 6.13. The zero-order valence-corrected chi connectivity index (χ0v) is 11.2. The Hall–Kier alpha value is -2.32. The van der Waals surface area contributed by atoms with Gasteiger partial charge in [-0.25, -0.2) is 9.59 Å². The molecule has 0 aromatic carbocycles. The number of nitrogens with one attached hydrogen (secondary N) is 1. The summed E-state index contributed by atoms with van der Waals surface area (Å²) < 4.78 is 0. The number of carbonyl (C=O) groups is 4. The molecule has 1 rings (SSSR count). The number of amides is 4. The molecule has 1 aliphatic rings. The molecule has 1 heterocycles. The Kier molecular flexibility index (Phi) is 5.30. The van der Waals surface area contributed by atoms with Crippen molar-refractivity contribution < 1.29 is 24.3 Å². The molecule has 0 unspecified atom stereocenters. The van der Waals surface area contributed by atoms with Crippen LogP contribution < -0.4 is 11.1 Å². The highest BCUT2D eigenvalue weighted by molar-refractivity contribution is 5.87. The van der Waals surface area contributed by atoms with Gasteiger partial charge in [0.05, 0.1) is 6.42 Å². The van der Waals surface area contributed by atoms with Gasteiger partial charge in [0.1, 0.15) is 6.04 Å². The van der Waals surface area contributed by atoms with Crippen LogP contribution in [0.2, 0.25) is 0 Å². The Bertz CT molecular complexity index is 417. The minimum absolute atomic E-state index is 0.0674. The first-order valence-corrected chi connectivity index (χ1v) is 6.13. The van der Waals surface area contributed by atoms with Crippen molar-refractivity contribution in [2.75, 3.05) is 26.2 Å². The van der Waals surface area contributed by atoms with Crippen LogP contribution >= 0.6 is 0 Å². The molecule has 1 saturated heterocycles. The Morgan fingerprint density at radius 3 is 2.05 bits per heavy atom. The molecular formula is C11H18N4O5. The fraction of sp³-hybridized carbons (Fsp3) is 0.636. The van der Waals surface area contributed by atoms with Crippen LogP contribution in [-0.4, -0.2) is 70.9 Å². The monoisotopic (exact) mass is 286 g/mol. The summed E-state index contributed by atoms with van der Waals surface area (Å²) in [5.74, 6) is -2.19. The maximum Gasteiger partial charge on any atom is 0.326 e. The molecule has 1 aliphatic heterocycles. The average Bonchev–Trinajstić information content (AvgIpc) is 2.37. The molecule has 1 atom stereocenters. The first kappa shape index (κ1) is 15.7. The number of nitrogens with zero attached hydrogens (tertiary/aromatic N) is 2. The molecule has 0 aliphatic carbocycles. The summed E-state index contributed by atoms with van der Waals surface area (Å²) in [5, 5.41) is 11.1. The maximum absolute atomic E-state index is 11.9. The molecule has 0 saturated carbocycles. The van der Waals surface area contributed by atoms with Gasteiger partial charge in [-0.1, -0.05) is 0 Å². The lowest BCUT2D eigenvalue weighted by Crippen LogP contribution is -2.55. The molecular weight excluding hydrogens is 268 g/mol. The second-order valence-electron chi connectivity index (χ2n) is 4.50. The topological polar surface area (TPSA) is 133 Å². The zero-order chi connectivity index (χ0) is 15.3. The summed E-state index contributed by atoms with van der Waals surface area (Å²) >= 11 is 0. The van der Waals surface area contributed by atoms with Crippen LogP contribution in [0.15, 0.2) is 0 Å². The zero-order valence-electron chi connectivity index (χ0n) is 11.2. The van der Waals surface area contributed by atoms with Gasteiger partial charge in [-0.15, -0.1) is 0 Å². The summed E-state index contributed by atoms with van der Waals surface area (Å²) in [4.78, 5) is 47.6. The lowest BCUT2D eigenvalue weighted by molar-refractivity contribution is -0.141. The molecule has 4 amide bonds. The molecule has 1 fully saturated rings. The number of rotatable bonds is 4. The van der Waals surface area contributed by atoms with E-state index in [0.29, 0.717) is 26.2 Å². The normalized spacial score (nSPS) is 16.4. The Morgan fingerprint density at radius 2 is 1.65 bits per heavy atom. The van der Waals surface area contributed by atoms with E-state index in [-0.39, 0.29) is 5.91 Å². The quantitative estimate of drug-likeness (QED) is 0.560. The van der Waals surface area contributed by atoms with E-state index in [0.717, 1.165) is 0 Å². The maximum atomic E-state index is 11.9. The minimum Gasteiger partial charge on any atom is -0.480 e. The number of primary amides is 1. The lowest BCUT2D eigenvalue weighted by Gasteiger charge is -2.34. The van der Waals surface area contributed by atoms with E-state index in [2.05, 4.69) is 5.32 Å². The smallest absolute Gasteiger partial charge is 0.326 e. The SMILES string of the molecule is CC(=O)N1CCN(C(=O)N[C@@H](CC(N)=O)C(=O)O)CC1. The number of hydrogen-bond donors (Lipinski definition) is 3. The minimum atomic E-state index is -1.34. The van der Waals surface area contributed by atoms with Crippen molar-refractivity contribution in [1.82, 2.24) is 15.1 Å². The van der Waals surface area contributed by atoms with E-state index >= 15 is 0 Å². The van der Waals surface area contributed by atoms with Crippen molar-refractivity contribution in [3.8, 4) is 0 Å². The van der Waals surface area contributed by atoms with Gasteiger partial charge in [-0.05, 0) is 0 Å². The molecule has 20 heavy (non-hydrogen) atoms. The summed E-state index contributed by atoms with van der Waals surface area (Å²) in [6, 6.07) is -1.92. The van der Waals surface area contributed by atoms with Crippen molar-refractivity contribution in [3.05, 3.63) is 0 Å². The lowest BCUT2D eigenvalue weighted by atomic mass is 10.2. The third kappa shape index (κ3) is 4.41. The highest BCUT2D eigenvalue weighted by Crippen LogP contribution is 2.03. The van der Waals surface area contributed by atoms with Gasteiger partial charge in [-0.2, -0.15) is 0 Å². The molecule has 0 aromatic rings. The van der Waals surface area contributed by atoms with Crippen LogP contribution in [0.1, 0.15) is 13.3 Å². The second-order valence-corrected chi connectivity index (χ2v) is 4.50. The van der Waals surface area contributed by atoms with Crippen molar-refractivity contribution in [2.45, 2.75) is 19.4 Å². The van der Waals surface area contributed by atoms with Gasteiger partial charge in [0.25, 0.3) is 0 Å². The number of aliphatic carboxylic acids is 1. The van der Waals surface area contributed by atoms with E-state index in [9.17, 15) is 19.2 Å². The van der Waals surface area contributed by atoms with Crippen LogP contribution in [0.25, 0.3) is 0 Å². The van der Waals surface area contributed by atoms with Crippen molar-refractivity contribution >= 4 is 23.8 Å². The van der Waals surface area contributed by atoms with Crippen molar-refractivity contribution in [2.24, 2.45) is 5.73 Å². The number of piperazine rings is 1. The number of carbonyl (C=O) groups excluding carboxylic acids is 3. The predicted molar refractivity (Wildman–Crippen MR) is 67.6 cm³/mol. The average molecular weight is 286 g/mol. The summed E-state index contributed by atoms with van der Waals surface area (Å²) in [5.41, 5.74) is 4.93. The largest absolute Gasteiger partial charge is 0.480 e. The highest BCUT2D eigenvalue weighted by atomic mass is 16.4. The fourth-order valence-corrected chi connectivity index (χ4v) is 1.87. The Morgan fingerprint density at radius 1 is 1.15 bits per heavy atom. The van der Waals surface area contributed by atoms with Gasteiger partial charge in [0.15, 0.2) is 0 Å². The molecule has 0 bridgehead atoms. The summed E-state index contributed by atoms with van der Waals surface area (Å²) in [6.07, 6.45) is -0.464. The van der Waals surface area contributed by atoms with Gasteiger partial charge in [0, 0.05) is 33.1 Å². The van der Waals surface area contributed by atoms with E-state index in [1.165, 1.54) is 11.8 Å². The summed E-state index contributed by atoms with van der Waals surface area (Å²) in [7, 11) is 0. The van der Waals surface area contributed by atoms with E-state index < -0.39 is 30.4 Å². The molecule has 0 aromatic heterocycles. The van der Waals surface area contributed by atoms with Crippen molar-refractivity contribution in [3.63, 3.8) is 0 Å². The number of nitrogens with two attached hydrogens (primary N) is 1. The standard InChI is InChI=1S/C11H18N4O5/c1-7(16)14-2-4-15(5-3-14)11(20)13-8(10(18)19)6-9(12)17/h8H,2-6H2,1H3,(H2,12,17)(H,13,20)(H,18,19)/t8-/m0/s1. The molecule has 9 nitrogen and oxygen atoms in total. The van der Waals surface area contributed by atoms with Gasteiger partial charge in [-0.3, -0.25) is 9.59 Å². The van der Waals surface area contributed by atoms with Crippen LogP contribution in [0, 0.1) is 0 Å². The third-order valence-electron chi connectivity index (χ3n) is 3.01. The van der Waals surface area contributed by atoms with E-state index in [1.807, 2.05) is 0 Å². The van der Waals surface area contributed by atoms with Crippen molar-refractivity contribution in [1.29, 1.82) is 0 Å². The van der Waals surface area contributed by atoms with Gasteiger partial charge in [0.2, 0.25) is 11.8 Å². The Balaban J connectivity index is 2.52. The number of urea groups is 1. The molecule has 0 spiro atoms. The number of carboxylic acid groups (broad SMARTS) is 1. The van der Waals surface area contributed by atoms with E-state index in [4.69, 9.17) is 10.8 Å². The van der Waals surface area contributed by atoms with Crippen LogP contribution in [0.4, 0.5) is 4.79 Å². The highest BCUT2D eigenvalue weighted by Gasteiger charge is 2.27. The van der Waals surface area contributed by atoms with Gasteiger partial charge < -0.3 is 26.0 Å². The third-order valence-corrected chi connectivity index (χ3v) is 3.01. The van der Waals surface area contributed by atoms with Crippen LogP contribution in [-0.2, 0) is 14.4 Å². The Labute approximate surface area is 115 Å². The van der Waals surface area contributed by atoms with Crippen LogP contribution in [0.3, 0.4) is 0 Å². The summed E-state index contributed by atoms with van der Waals surface area (Å²) in [6.45, 7) is 2.87. The second kappa shape index (κ2) is 6.73. The molecule has 112 valence electrons.